The van der Waals surface area contributed by atoms with E-state index in [0.29, 0.717) is 18.1 Å². The van der Waals surface area contributed by atoms with Crippen LogP contribution in [0.3, 0.4) is 0 Å². The van der Waals surface area contributed by atoms with Crippen molar-refractivity contribution in [2.45, 2.75) is 57.3 Å². The van der Waals surface area contributed by atoms with E-state index in [4.69, 9.17) is 16.3 Å². The van der Waals surface area contributed by atoms with E-state index in [1.165, 1.54) is 37.4 Å². The molecule has 0 spiro atoms. The number of benzene rings is 2. The summed E-state index contributed by atoms with van der Waals surface area (Å²) in [6.07, 6.45) is 5.60. The maximum absolute atomic E-state index is 12.0. The number of carboxylic acids is 1. The predicted molar refractivity (Wildman–Crippen MR) is 139 cm³/mol. The second-order valence-electron chi connectivity index (χ2n) is 9.80. The molecule has 1 unspecified atom stereocenters. The van der Waals surface area contributed by atoms with Gasteiger partial charge in [0.05, 0.1) is 18.2 Å². The first-order chi connectivity index (χ1) is 16.9. The van der Waals surface area contributed by atoms with Crippen LogP contribution < -0.4 is 15.0 Å². The molecule has 4 rings (SSSR count). The molecule has 6 nitrogen and oxygen atoms in total. The number of aryl methyl sites for hydroxylation is 1. The molecule has 0 radical (unpaired) electrons. The van der Waals surface area contributed by atoms with Gasteiger partial charge in [-0.05, 0) is 66.1 Å². The van der Waals surface area contributed by atoms with E-state index in [1.807, 2.05) is 18.2 Å². The van der Waals surface area contributed by atoms with Crippen molar-refractivity contribution < 1.29 is 19.4 Å². The van der Waals surface area contributed by atoms with E-state index >= 15 is 0 Å². The molecule has 1 aliphatic heterocycles. The van der Waals surface area contributed by atoms with E-state index in [-0.39, 0.29) is 18.2 Å². The van der Waals surface area contributed by atoms with Crippen molar-refractivity contribution >= 4 is 29.2 Å². The van der Waals surface area contributed by atoms with Crippen molar-refractivity contribution in [3.05, 3.63) is 58.1 Å². The summed E-state index contributed by atoms with van der Waals surface area (Å²) in [5.74, 6) is -0.626. The first-order valence-electron chi connectivity index (χ1n) is 12.6. The average Bonchev–Trinajstić information content (AvgIpc) is 2.99. The number of carbonyl (C=O) groups is 2. The van der Waals surface area contributed by atoms with Gasteiger partial charge in [0.2, 0.25) is 5.91 Å². The number of ether oxygens (including phenoxy) is 1. The van der Waals surface area contributed by atoms with Gasteiger partial charge in [0, 0.05) is 37.5 Å². The fourth-order valence-corrected chi connectivity index (χ4v) is 5.36. The Morgan fingerprint density at radius 2 is 2.03 bits per heavy atom. The number of carbonyl (C=O) groups excluding carboxylic acids is 1. The minimum atomic E-state index is -1.00. The number of halogens is 1. The smallest absolute Gasteiger partial charge is 0.311 e. The Morgan fingerprint density at radius 3 is 2.69 bits per heavy atom. The zero-order valence-corrected chi connectivity index (χ0v) is 21.3. The Morgan fingerprint density at radius 1 is 1.23 bits per heavy atom. The molecule has 2 atom stereocenters. The van der Waals surface area contributed by atoms with Crippen molar-refractivity contribution in [2.24, 2.45) is 5.92 Å². The highest BCUT2D eigenvalue weighted by Gasteiger charge is 2.31. The largest absolute Gasteiger partial charge is 0.491 e. The molecule has 35 heavy (non-hydrogen) atoms. The molecule has 2 aliphatic rings. The summed E-state index contributed by atoms with van der Waals surface area (Å²) in [7, 11) is 1.52. The van der Waals surface area contributed by atoms with Gasteiger partial charge in [0.15, 0.2) is 0 Å². The zero-order valence-electron chi connectivity index (χ0n) is 20.6. The second-order valence-corrected chi connectivity index (χ2v) is 10.2. The lowest BCUT2D eigenvalue weighted by Crippen LogP contribution is -2.35. The molecule has 0 aromatic heterocycles. The van der Waals surface area contributed by atoms with Gasteiger partial charge >= 0.3 is 5.97 Å². The average molecular weight is 499 g/mol. The van der Waals surface area contributed by atoms with Gasteiger partial charge in [0.1, 0.15) is 5.75 Å². The summed E-state index contributed by atoms with van der Waals surface area (Å²) in [6.45, 7) is 4.43. The van der Waals surface area contributed by atoms with Crippen molar-refractivity contribution in [2.75, 3.05) is 31.6 Å². The minimum Gasteiger partial charge on any atom is -0.491 e. The monoisotopic (exact) mass is 498 g/mol. The maximum Gasteiger partial charge on any atom is 0.311 e. The highest BCUT2D eigenvalue weighted by molar-refractivity contribution is 6.30. The van der Waals surface area contributed by atoms with Crippen LogP contribution in [0.5, 0.6) is 5.75 Å². The number of anilines is 1. The van der Waals surface area contributed by atoms with Crippen molar-refractivity contribution in [1.29, 1.82) is 0 Å². The van der Waals surface area contributed by atoms with Crippen LogP contribution in [0, 0.1) is 5.92 Å². The zero-order chi connectivity index (χ0) is 24.9. The number of hydrogen-bond acceptors (Lipinski definition) is 4. The SMILES string of the molecule is CCCc1cc(Cl)ccc1C1COc2ccc([C@@H](CC(=O)NC)C(=O)O)cc2N(CC2CCC2)C1. The summed E-state index contributed by atoms with van der Waals surface area (Å²) < 4.78 is 6.34. The molecule has 2 aromatic rings. The standard InChI is InChI=1S/C28H35ClN2O4/c1-3-5-19-12-22(29)9-10-23(19)21-16-31(15-18-6-4-7-18)25-13-20(8-11-26(25)35-17-21)24(28(33)34)14-27(32)30-2/h8-13,18,21,24H,3-7,14-17H2,1-2H3,(H,30,32)(H,33,34)/t21?,24-/m1/s1. The maximum atomic E-state index is 12.0. The molecule has 0 bridgehead atoms. The molecule has 2 aromatic carbocycles. The third-order valence-corrected chi connectivity index (χ3v) is 7.58. The molecular formula is C28H35ClN2O4. The third kappa shape index (κ3) is 5.92. The molecule has 7 heteroatoms. The lowest BCUT2D eigenvalue weighted by molar-refractivity contribution is -0.140. The van der Waals surface area contributed by atoms with Crippen molar-refractivity contribution in [3.8, 4) is 5.75 Å². The van der Waals surface area contributed by atoms with Gasteiger partial charge in [-0.25, -0.2) is 0 Å². The van der Waals surface area contributed by atoms with Crippen molar-refractivity contribution in [1.82, 2.24) is 5.32 Å². The highest BCUT2D eigenvalue weighted by atomic mass is 35.5. The fourth-order valence-electron chi connectivity index (χ4n) is 5.17. The second kappa shape index (κ2) is 11.3. The summed E-state index contributed by atoms with van der Waals surface area (Å²) in [4.78, 5) is 26.4. The van der Waals surface area contributed by atoms with Crippen LogP contribution in [0.15, 0.2) is 36.4 Å². The molecule has 1 heterocycles. The summed E-state index contributed by atoms with van der Waals surface area (Å²) in [5.41, 5.74) is 4.08. The van der Waals surface area contributed by atoms with E-state index in [2.05, 4.69) is 29.3 Å². The molecule has 1 aliphatic carbocycles. The Kier molecular flexibility index (Phi) is 8.22. The Balaban J connectivity index is 1.69. The number of hydrogen-bond donors (Lipinski definition) is 2. The predicted octanol–water partition coefficient (Wildman–Crippen LogP) is 5.38. The number of rotatable bonds is 9. The molecule has 0 saturated heterocycles. The molecule has 1 fully saturated rings. The number of carboxylic acid groups (broad SMARTS) is 1. The number of nitrogens with one attached hydrogen (secondary N) is 1. The third-order valence-electron chi connectivity index (χ3n) is 7.34. The molecule has 1 saturated carbocycles. The lowest BCUT2D eigenvalue weighted by Gasteiger charge is -2.35. The van der Waals surface area contributed by atoms with Gasteiger partial charge in [0.25, 0.3) is 0 Å². The highest BCUT2D eigenvalue weighted by Crippen LogP contribution is 2.40. The van der Waals surface area contributed by atoms with Gasteiger partial charge in [-0.1, -0.05) is 43.5 Å². The van der Waals surface area contributed by atoms with Gasteiger partial charge < -0.3 is 20.1 Å². The van der Waals surface area contributed by atoms with E-state index in [1.54, 1.807) is 6.07 Å². The summed E-state index contributed by atoms with van der Waals surface area (Å²) in [6, 6.07) is 11.7. The van der Waals surface area contributed by atoms with Crippen LogP contribution in [-0.4, -0.2) is 43.7 Å². The molecule has 1 amide bonds. The number of aliphatic carboxylic acids is 1. The molecular weight excluding hydrogens is 464 g/mol. The number of fused-ring (bicyclic) bond motifs is 1. The Labute approximate surface area is 212 Å². The van der Waals surface area contributed by atoms with Crippen LogP contribution >= 0.6 is 11.6 Å². The van der Waals surface area contributed by atoms with Crippen LogP contribution in [0.4, 0.5) is 5.69 Å². The Bertz CT molecular complexity index is 1070. The minimum absolute atomic E-state index is 0.0954. The van der Waals surface area contributed by atoms with Crippen LogP contribution in [-0.2, 0) is 16.0 Å². The van der Waals surface area contributed by atoms with Crippen LogP contribution in [0.2, 0.25) is 5.02 Å². The topological polar surface area (TPSA) is 78.9 Å². The fraction of sp³-hybridized carbons (Fsp3) is 0.500. The van der Waals surface area contributed by atoms with E-state index in [0.717, 1.165) is 42.4 Å². The quantitative estimate of drug-likeness (QED) is 0.485. The molecule has 188 valence electrons. The first kappa shape index (κ1) is 25.4. The Hall–Kier alpha value is -2.73. The van der Waals surface area contributed by atoms with Gasteiger partial charge in [-0.2, -0.15) is 0 Å². The normalized spacial score (nSPS) is 18.6. The summed E-state index contributed by atoms with van der Waals surface area (Å²) in [5, 5.41) is 13.1. The lowest BCUT2D eigenvalue weighted by atomic mass is 9.84. The van der Waals surface area contributed by atoms with Crippen molar-refractivity contribution in [3.63, 3.8) is 0 Å². The van der Waals surface area contributed by atoms with Gasteiger partial charge in [-0.15, -0.1) is 0 Å². The summed E-state index contributed by atoms with van der Waals surface area (Å²) >= 11 is 6.32. The molecule has 2 N–H and O–H groups in total. The number of amides is 1. The van der Waals surface area contributed by atoms with E-state index < -0.39 is 11.9 Å². The van der Waals surface area contributed by atoms with E-state index in [9.17, 15) is 14.7 Å². The van der Waals surface area contributed by atoms with Crippen LogP contribution in [0.25, 0.3) is 0 Å². The van der Waals surface area contributed by atoms with Crippen LogP contribution in [0.1, 0.15) is 67.6 Å². The number of nitrogens with zero attached hydrogens (tertiary/aromatic N) is 1. The van der Waals surface area contributed by atoms with Gasteiger partial charge in [-0.3, -0.25) is 9.59 Å². The first-order valence-corrected chi connectivity index (χ1v) is 13.0.